The van der Waals surface area contributed by atoms with E-state index in [2.05, 4.69) is 15.4 Å². The Hall–Kier alpha value is -3.10. The largest absolute Gasteiger partial charge is 0.435 e. The fraction of sp³-hybridized carbons (Fsp3) is 0.409. The number of aromatic nitrogens is 3. The average Bonchev–Trinajstić information content (AvgIpc) is 3.22. The minimum absolute atomic E-state index is 0.0327. The second-order valence-electron chi connectivity index (χ2n) is 7.81. The van der Waals surface area contributed by atoms with Crippen LogP contribution in [0.1, 0.15) is 49.1 Å². The van der Waals surface area contributed by atoms with Crippen molar-refractivity contribution in [2.24, 2.45) is 0 Å². The lowest BCUT2D eigenvalue weighted by atomic mass is 9.95. The first-order valence-corrected chi connectivity index (χ1v) is 10.4. The third-order valence-corrected chi connectivity index (χ3v) is 5.67. The highest BCUT2D eigenvalue weighted by molar-refractivity contribution is 5.92. The molecule has 3 aromatic rings. The van der Waals surface area contributed by atoms with Gasteiger partial charge in [-0.15, -0.1) is 5.10 Å². The topological polar surface area (TPSA) is 63.1 Å². The Morgan fingerprint density at radius 1 is 1.19 bits per heavy atom. The molecule has 6 nitrogen and oxygen atoms in total. The third kappa shape index (κ3) is 4.50. The SMILES string of the molecule is CC(C(=O)NCc1cc(C(F)(F)F)nn1N1CCCCC1)c1cccc2cnccc12. The number of alkyl halides is 3. The van der Waals surface area contributed by atoms with E-state index in [0.717, 1.165) is 41.7 Å². The number of amides is 1. The summed E-state index contributed by atoms with van der Waals surface area (Å²) in [6.07, 6.45) is 1.73. The maximum Gasteiger partial charge on any atom is 0.435 e. The Bertz CT molecular complexity index is 1070. The Morgan fingerprint density at radius 2 is 1.97 bits per heavy atom. The van der Waals surface area contributed by atoms with Gasteiger partial charge in [-0.3, -0.25) is 14.8 Å². The van der Waals surface area contributed by atoms with E-state index in [1.165, 1.54) is 4.79 Å². The number of carbonyl (C=O) groups excluding carboxylic acids is 1. The van der Waals surface area contributed by atoms with Crippen LogP contribution in [0.4, 0.5) is 13.2 Å². The van der Waals surface area contributed by atoms with Gasteiger partial charge in [0.2, 0.25) is 5.91 Å². The van der Waals surface area contributed by atoms with Gasteiger partial charge in [0.15, 0.2) is 5.69 Å². The zero-order valence-corrected chi connectivity index (χ0v) is 17.2. The summed E-state index contributed by atoms with van der Waals surface area (Å²) in [5.74, 6) is -0.733. The summed E-state index contributed by atoms with van der Waals surface area (Å²) in [7, 11) is 0. The third-order valence-electron chi connectivity index (χ3n) is 5.67. The highest BCUT2D eigenvalue weighted by Gasteiger charge is 2.36. The molecule has 0 saturated carbocycles. The van der Waals surface area contributed by atoms with Gasteiger partial charge in [0, 0.05) is 30.9 Å². The van der Waals surface area contributed by atoms with Crippen molar-refractivity contribution in [2.75, 3.05) is 18.1 Å². The fourth-order valence-electron chi connectivity index (χ4n) is 3.98. The van der Waals surface area contributed by atoms with Crippen molar-refractivity contribution in [2.45, 2.75) is 44.8 Å². The zero-order chi connectivity index (χ0) is 22.0. The van der Waals surface area contributed by atoms with Gasteiger partial charge in [0.05, 0.1) is 18.2 Å². The molecular weight excluding hydrogens is 407 g/mol. The molecule has 1 unspecified atom stereocenters. The van der Waals surface area contributed by atoms with Gasteiger partial charge in [-0.05, 0) is 49.3 Å². The van der Waals surface area contributed by atoms with Crippen molar-refractivity contribution < 1.29 is 18.0 Å². The molecule has 1 aromatic carbocycles. The van der Waals surface area contributed by atoms with Crippen LogP contribution >= 0.6 is 0 Å². The van der Waals surface area contributed by atoms with Crippen molar-refractivity contribution in [3.05, 3.63) is 59.7 Å². The molecule has 0 spiro atoms. The molecule has 164 valence electrons. The van der Waals surface area contributed by atoms with Crippen LogP contribution in [0, 0.1) is 0 Å². The molecule has 1 aliphatic heterocycles. The maximum atomic E-state index is 13.3. The first kappa shape index (κ1) is 21.1. The number of piperidine rings is 1. The van der Waals surface area contributed by atoms with E-state index in [9.17, 15) is 18.0 Å². The average molecular weight is 431 g/mol. The molecule has 31 heavy (non-hydrogen) atoms. The van der Waals surface area contributed by atoms with E-state index < -0.39 is 17.8 Å². The van der Waals surface area contributed by atoms with E-state index in [4.69, 9.17) is 0 Å². The lowest BCUT2D eigenvalue weighted by Crippen LogP contribution is -2.42. The molecule has 1 amide bonds. The highest BCUT2D eigenvalue weighted by Crippen LogP contribution is 2.29. The number of hydrogen-bond donors (Lipinski definition) is 1. The van der Waals surface area contributed by atoms with Crippen molar-refractivity contribution in [1.82, 2.24) is 20.2 Å². The lowest BCUT2D eigenvalue weighted by molar-refractivity contribution is -0.141. The number of rotatable bonds is 5. The summed E-state index contributed by atoms with van der Waals surface area (Å²) in [6.45, 7) is 3.03. The van der Waals surface area contributed by atoms with Gasteiger partial charge in [0.1, 0.15) is 0 Å². The Morgan fingerprint density at radius 3 is 2.71 bits per heavy atom. The smallest absolute Gasteiger partial charge is 0.350 e. The van der Waals surface area contributed by atoms with Crippen LogP contribution in [-0.4, -0.2) is 33.9 Å². The van der Waals surface area contributed by atoms with Crippen molar-refractivity contribution >= 4 is 16.7 Å². The number of hydrogen-bond acceptors (Lipinski definition) is 4. The van der Waals surface area contributed by atoms with Crippen LogP contribution in [0.3, 0.4) is 0 Å². The van der Waals surface area contributed by atoms with E-state index in [1.807, 2.05) is 24.3 Å². The highest BCUT2D eigenvalue weighted by atomic mass is 19.4. The molecule has 1 fully saturated rings. The molecular formula is C22H24F3N5O. The first-order valence-electron chi connectivity index (χ1n) is 10.4. The van der Waals surface area contributed by atoms with Crippen LogP contribution in [-0.2, 0) is 17.5 Å². The number of carbonyl (C=O) groups is 1. The summed E-state index contributed by atoms with van der Waals surface area (Å²) >= 11 is 0. The van der Waals surface area contributed by atoms with Gasteiger partial charge in [-0.2, -0.15) is 18.0 Å². The molecule has 1 saturated heterocycles. The summed E-state index contributed by atoms with van der Waals surface area (Å²) in [6, 6.07) is 8.54. The minimum atomic E-state index is -4.54. The van der Waals surface area contributed by atoms with Gasteiger partial charge >= 0.3 is 6.18 Å². The van der Waals surface area contributed by atoms with E-state index >= 15 is 0 Å². The molecule has 1 N–H and O–H groups in total. The molecule has 0 bridgehead atoms. The van der Waals surface area contributed by atoms with Gasteiger partial charge in [0.25, 0.3) is 0 Å². The van der Waals surface area contributed by atoms with Crippen molar-refractivity contribution in [3.63, 3.8) is 0 Å². The van der Waals surface area contributed by atoms with Crippen molar-refractivity contribution in [3.8, 4) is 0 Å². The van der Waals surface area contributed by atoms with Crippen LogP contribution in [0.5, 0.6) is 0 Å². The molecule has 2 aromatic heterocycles. The zero-order valence-electron chi connectivity index (χ0n) is 17.2. The molecule has 3 heterocycles. The Kier molecular flexibility index (Phi) is 5.84. The summed E-state index contributed by atoms with van der Waals surface area (Å²) in [5, 5.41) is 10.2. The monoisotopic (exact) mass is 431 g/mol. The first-order chi connectivity index (χ1) is 14.8. The lowest BCUT2D eigenvalue weighted by Gasteiger charge is -2.30. The molecule has 1 aliphatic rings. The van der Waals surface area contributed by atoms with Crippen LogP contribution in [0.2, 0.25) is 0 Å². The van der Waals surface area contributed by atoms with E-state index in [-0.39, 0.29) is 12.5 Å². The van der Waals surface area contributed by atoms with E-state index in [1.54, 1.807) is 24.3 Å². The standard InChI is InChI=1S/C22H24F3N5O/c1-15(18-7-5-6-16-13-26-9-8-19(16)18)21(31)27-14-17-12-20(22(23,24)25)28-30(17)29-10-3-2-4-11-29/h5-9,12-13,15H,2-4,10-11,14H2,1H3,(H,27,31). The van der Waals surface area contributed by atoms with Gasteiger partial charge < -0.3 is 5.32 Å². The summed E-state index contributed by atoms with van der Waals surface area (Å²) in [5.41, 5.74) is 0.215. The molecule has 0 aliphatic carbocycles. The summed E-state index contributed by atoms with van der Waals surface area (Å²) in [4.78, 5) is 18.3. The number of nitrogens with zero attached hydrogens (tertiary/aromatic N) is 4. The molecule has 0 radical (unpaired) electrons. The molecule has 1 atom stereocenters. The number of nitrogens with one attached hydrogen (secondary N) is 1. The number of pyridine rings is 1. The van der Waals surface area contributed by atoms with E-state index in [0.29, 0.717) is 18.8 Å². The van der Waals surface area contributed by atoms with Gasteiger partial charge in [-0.1, -0.05) is 18.2 Å². The second kappa shape index (κ2) is 8.56. The second-order valence-corrected chi connectivity index (χ2v) is 7.81. The van der Waals surface area contributed by atoms with Crippen LogP contribution < -0.4 is 10.3 Å². The number of benzene rings is 1. The Labute approximate surface area is 178 Å². The van der Waals surface area contributed by atoms with Crippen LogP contribution in [0.15, 0.2) is 42.7 Å². The van der Waals surface area contributed by atoms with Crippen molar-refractivity contribution in [1.29, 1.82) is 0 Å². The van der Waals surface area contributed by atoms with Crippen LogP contribution in [0.25, 0.3) is 10.8 Å². The summed E-state index contributed by atoms with van der Waals surface area (Å²) < 4.78 is 39.8. The number of halogens is 3. The molecule has 9 heteroatoms. The normalized spacial score (nSPS) is 15.8. The Balaban J connectivity index is 1.54. The fourth-order valence-corrected chi connectivity index (χ4v) is 3.98. The predicted molar refractivity (Wildman–Crippen MR) is 111 cm³/mol. The quantitative estimate of drug-likeness (QED) is 0.664. The van der Waals surface area contributed by atoms with Gasteiger partial charge in [-0.25, -0.2) is 0 Å². The minimum Gasteiger partial charge on any atom is -0.350 e. The predicted octanol–water partition coefficient (Wildman–Crippen LogP) is 3.99. The maximum absolute atomic E-state index is 13.3. The molecule has 4 rings (SSSR count). The number of fused-ring (bicyclic) bond motifs is 1.